The van der Waals surface area contributed by atoms with Crippen LogP contribution in [-0.4, -0.2) is 18.5 Å². The van der Waals surface area contributed by atoms with Crippen molar-refractivity contribution in [2.45, 2.75) is 39.2 Å². The molecule has 0 aromatic carbocycles. The minimum absolute atomic E-state index is 0. The van der Waals surface area contributed by atoms with Gasteiger partial charge in [-0.3, -0.25) is 4.79 Å². The largest absolute Gasteiger partial charge is 0.368 e. The van der Waals surface area contributed by atoms with E-state index >= 15 is 0 Å². The zero-order valence-corrected chi connectivity index (χ0v) is 9.55. The van der Waals surface area contributed by atoms with Gasteiger partial charge in [0.25, 0.3) is 0 Å². The van der Waals surface area contributed by atoms with Gasteiger partial charge in [0.2, 0.25) is 5.91 Å². The number of nitrogens with two attached hydrogens (primary N) is 1. The zero-order valence-electron chi connectivity index (χ0n) is 9.55. The molecule has 0 saturated heterocycles. The molecule has 0 radical (unpaired) electrons. The molecule has 1 aliphatic carbocycles. The maximum Gasteiger partial charge on any atom is 0.234 e. The summed E-state index contributed by atoms with van der Waals surface area (Å²) >= 11 is 0. The van der Waals surface area contributed by atoms with Gasteiger partial charge in [0.15, 0.2) is 0 Å². The Hall–Kier alpha value is -1.09. The van der Waals surface area contributed by atoms with E-state index in [0.717, 1.165) is 25.8 Å². The van der Waals surface area contributed by atoms with Crippen LogP contribution in [0.4, 0.5) is 0 Å². The number of nitrogens with one attached hydrogen (secondary N) is 1. The molecule has 15 heavy (non-hydrogen) atoms. The van der Waals surface area contributed by atoms with Crippen LogP contribution in [0.25, 0.3) is 0 Å². The maximum atomic E-state index is 10.9. The summed E-state index contributed by atoms with van der Waals surface area (Å²) in [6.07, 6.45) is 7.32. The molecule has 0 aromatic heterocycles. The van der Waals surface area contributed by atoms with E-state index < -0.39 is 0 Å². The summed E-state index contributed by atoms with van der Waals surface area (Å²) in [6, 6.07) is -0.165. The molecule has 1 amide bonds. The van der Waals surface area contributed by atoms with E-state index in [-0.39, 0.29) is 13.4 Å². The molecular formula is C12H22N2O. The van der Waals surface area contributed by atoms with E-state index in [1.165, 1.54) is 11.1 Å². The summed E-state index contributed by atoms with van der Waals surface area (Å²) in [5.41, 5.74) is 8.00. The van der Waals surface area contributed by atoms with Gasteiger partial charge in [0.05, 0.1) is 6.04 Å². The minimum Gasteiger partial charge on any atom is -0.368 e. The number of amides is 1. The topological polar surface area (TPSA) is 55.1 Å². The van der Waals surface area contributed by atoms with Gasteiger partial charge in [-0.05, 0) is 24.8 Å². The molecule has 0 saturated carbocycles. The molecule has 0 aromatic rings. The van der Waals surface area contributed by atoms with Crippen LogP contribution >= 0.6 is 0 Å². The second-order valence-corrected chi connectivity index (χ2v) is 3.61. The predicted molar refractivity (Wildman–Crippen MR) is 64.5 cm³/mol. The van der Waals surface area contributed by atoms with E-state index in [9.17, 15) is 4.79 Å². The Labute approximate surface area is 92.9 Å². The Kier molecular flexibility index (Phi) is 4.56. The zero-order chi connectivity index (χ0) is 11.3. The van der Waals surface area contributed by atoms with Gasteiger partial charge < -0.3 is 11.1 Å². The molecule has 0 spiro atoms. The molecule has 0 fully saturated rings. The highest BCUT2D eigenvalue weighted by Crippen LogP contribution is 2.25. The summed E-state index contributed by atoms with van der Waals surface area (Å²) in [4.78, 5) is 10.9. The van der Waals surface area contributed by atoms with Crippen molar-refractivity contribution in [3.8, 4) is 0 Å². The van der Waals surface area contributed by atoms with Gasteiger partial charge in [-0.15, -0.1) is 0 Å². The smallest absolute Gasteiger partial charge is 0.234 e. The summed E-state index contributed by atoms with van der Waals surface area (Å²) in [6.45, 7) is 4.83. The van der Waals surface area contributed by atoms with Crippen molar-refractivity contribution in [3.63, 3.8) is 0 Å². The van der Waals surface area contributed by atoms with Gasteiger partial charge in [-0.25, -0.2) is 0 Å². The third-order valence-corrected chi connectivity index (χ3v) is 2.72. The molecular weight excluding hydrogens is 188 g/mol. The highest BCUT2D eigenvalue weighted by molar-refractivity contribution is 5.80. The third kappa shape index (κ3) is 2.93. The molecule has 2 aliphatic rings. The quantitative estimate of drug-likeness (QED) is 0.693. The van der Waals surface area contributed by atoms with Crippen LogP contribution in [0, 0.1) is 0 Å². The molecule has 1 unspecified atom stereocenters. The highest BCUT2D eigenvalue weighted by atomic mass is 16.1. The van der Waals surface area contributed by atoms with Crippen molar-refractivity contribution in [1.29, 1.82) is 0 Å². The van der Waals surface area contributed by atoms with Crippen LogP contribution in [0.2, 0.25) is 0 Å². The fourth-order valence-corrected chi connectivity index (χ4v) is 1.92. The van der Waals surface area contributed by atoms with E-state index in [1.54, 1.807) is 0 Å². The lowest BCUT2D eigenvalue weighted by Gasteiger charge is -2.27. The normalized spacial score (nSPS) is 24.0. The van der Waals surface area contributed by atoms with Crippen molar-refractivity contribution in [1.82, 2.24) is 5.32 Å². The third-order valence-electron chi connectivity index (χ3n) is 2.72. The van der Waals surface area contributed by atoms with Gasteiger partial charge in [0, 0.05) is 7.97 Å². The van der Waals surface area contributed by atoms with Gasteiger partial charge >= 0.3 is 0 Å². The summed E-state index contributed by atoms with van der Waals surface area (Å²) in [5.74, 6) is -0.245. The first-order valence-electron chi connectivity index (χ1n) is 5.67. The summed E-state index contributed by atoms with van der Waals surface area (Å²) in [7, 11) is 0. The van der Waals surface area contributed by atoms with Gasteiger partial charge in [-0.2, -0.15) is 0 Å². The molecule has 3 heteroatoms. The van der Waals surface area contributed by atoms with E-state index in [2.05, 4.69) is 17.5 Å². The first-order chi connectivity index (χ1) is 7.27. The van der Waals surface area contributed by atoms with E-state index in [0.29, 0.717) is 0 Å². The lowest BCUT2D eigenvalue weighted by atomic mass is 9.89. The number of hydrogen-bond acceptors (Lipinski definition) is 2. The first kappa shape index (κ1) is 12.0. The van der Waals surface area contributed by atoms with Crippen molar-refractivity contribution in [2.24, 2.45) is 5.73 Å². The van der Waals surface area contributed by atoms with E-state index in [1.807, 2.05) is 13.8 Å². The molecule has 1 heterocycles. The SMILES string of the molecule is CC.NC(=O)C1CC2=C(CCC=C2)CN1.[HH]. The molecule has 86 valence electrons. The van der Waals surface area contributed by atoms with Crippen molar-refractivity contribution >= 4 is 5.91 Å². The Morgan fingerprint density at radius 2 is 2.33 bits per heavy atom. The monoisotopic (exact) mass is 210 g/mol. The number of carbonyl (C=O) groups excluding carboxylic acids is 1. The van der Waals surface area contributed by atoms with Gasteiger partial charge in [0.1, 0.15) is 0 Å². The van der Waals surface area contributed by atoms with Crippen molar-refractivity contribution in [3.05, 3.63) is 23.3 Å². The van der Waals surface area contributed by atoms with Crippen LogP contribution in [0.15, 0.2) is 23.3 Å². The fourth-order valence-electron chi connectivity index (χ4n) is 1.92. The summed E-state index contributed by atoms with van der Waals surface area (Å²) < 4.78 is 0. The number of carbonyl (C=O) groups is 1. The van der Waals surface area contributed by atoms with Crippen LogP contribution in [-0.2, 0) is 4.79 Å². The van der Waals surface area contributed by atoms with Crippen molar-refractivity contribution in [2.75, 3.05) is 6.54 Å². The van der Waals surface area contributed by atoms with Gasteiger partial charge in [-0.1, -0.05) is 31.6 Å². The Morgan fingerprint density at radius 1 is 1.60 bits per heavy atom. The number of hydrogen-bond donors (Lipinski definition) is 2. The standard InChI is InChI=1S/C10H14N2O.C2H6.H2/c11-10(13)9-5-7-3-1-2-4-8(7)6-12-9;1-2;/h1,3,9,12H,2,4-6H2,(H2,11,13);1-2H3;1H. The van der Waals surface area contributed by atoms with E-state index in [4.69, 9.17) is 5.73 Å². The molecule has 3 N–H and O–H groups in total. The first-order valence-corrected chi connectivity index (χ1v) is 5.67. The molecule has 0 bridgehead atoms. The Morgan fingerprint density at radius 3 is 3.00 bits per heavy atom. The number of allylic oxidation sites excluding steroid dienone is 2. The maximum absolute atomic E-state index is 10.9. The highest BCUT2D eigenvalue weighted by Gasteiger charge is 2.23. The van der Waals surface area contributed by atoms with Crippen LogP contribution < -0.4 is 11.1 Å². The second kappa shape index (κ2) is 5.71. The molecule has 1 atom stereocenters. The molecule has 3 nitrogen and oxygen atoms in total. The lowest BCUT2D eigenvalue weighted by molar-refractivity contribution is -0.120. The van der Waals surface area contributed by atoms with Crippen molar-refractivity contribution < 1.29 is 6.22 Å². The fraction of sp³-hybridized carbons (Fsp3) is 0.583. The van der Waals surface area contributed by atoms with Crippen LogP contribution in [0.1, 0.15) is 34.5 Å². The second-order valence-electron chi connectivity index (χ2n) is 3.61. The average Bonchev–Trinajstić information content (AvgIpc) is 2.31. The van der Waals surface area contributed by atoms with Crippen LogP contribution in [0.5, 0.6) is 0 Å². The number of primary amides is 1. The number of rotatable bonds is 1. The predicted octanol–water partition coefficient (Wildman–Crippen LogP) is 1.75. The minimum atomic E-state index is -0.245. The lowest BCUT2D eigenvalue weighted by Crippen LogP contribution is -2.45. The average molecular weight is 210 g/mol. The molecule has 1 aliphatic heterocycles. The Balaban J connectivity index is 0.000000711. The van der Waals surface area contributed by atoms with Crippen LogP contribution in [0.3, 0.4) is 0 Å². The summed E-state index contributed by atoms with van der Waals surface area (Å²) in [5, 5.41) is 3.15. The Bertz CT molecular complexity index is 297. The molecule has 2 rings (SSSR count).